The number of likely N-dealkylation sites (tertiary alicyclic amines) is 1. The molecule has 8 rings (SSSR count). The van der Waals surface area contributed by atoms with Crippen molar-refractivity contribution in [3.05, 3.63) is 101 Å². The van der Waals surface area contributed by atoms with Crippen molar-refractivity contribution in [3.8, 4) is 21.7 Å². The van der Waals surface area contributed by atoms with Crippen LogP contribution in [0.15, 0.2) is 66.4 Å². The van der Waals surface area contributed by atoms with Crippen LogP contribution in [0.25, 0.3) is 32.7 Å². The summed E-state index contributed by atoms with van der Waals surface area (Å²) in [4.78, 5) is 82.6. The Morgan fingerprint density at radius 3 is 2.23 bits per heavy atom. The number of aliphatic hydroxyl groups excluding tert-OH is 1. The van der Waals surface area contributed by atoms with Gasteiger partial charge in [-0.3, -0.25) is 24.1 Å². The van der Waals surface area contributed by atoms with Crippen molar-refractivity contribution in [2.24, 2.45) is 11.3 Å². The van der Waals surface area contributed by atoms with Crippen molar-refractivity contribution in [2.45, 2.75) is 131 Å². The Labute approximate surface area is 441 Å². The second kappa shape index (κ2) is 24.0. The lowest BCUT2D eigenvalue weighted by Gasteiger charge is -2.34. The Morgan fingerprint density at radius 2 is 1.56 bits per heavy atom. The normalized spacial score (nSPS) is 16.7. The van der Waals surface area contributed by atoms with E-state index in [-0.39, 0.29) is 78.2 Å². The number of anilines is 2. The van der Waals surface area contributed by atoms with Crippen molar-refractivity contribution in [1.82, 2.24) is 49.5 Å². The third-order valence-electron chi connectivity index (χ3n) is 14.3. The van der Waals surface area contributed by atoms with Crippen LogP contribution < -0.4 is 10.6 Å². The van der Waals surface area contributed by atoms with Gasteiger partial charge in [0.05, 0.1) is 33.9 Å². The number of thiazole rings is 1. The molecule has 2 aliphatic heterocycles. The lowest BCUT2D eigenvalue weighted by molar-refractivity contribution is -0.146. The number of pyridine rings is 1. The number of Topliss-reactive ketones (excluding diaryl/α,β-unsaturated/α-hetero) is 1. The maximum Gasteiger partial charge on any atom is 0.243 e. The molecule has 3 N–H and O–H groups in total. The first-order valence-corrected chi connectivity index (χ1v) is 26.9. The first-order chi connectivity index (χ1) is 35.8. The molecule has 3 atom stereocenters. The summed E-state index contributed by atoms with van der Waals surface area (Å²) >= 11 is 1.58. The lowest BCUT2D eigenvalue weighted by atomic mass is 9.76. The van der Waals surface area contributed by atoms with Crippen LogP contribution in [-0.2, 0) is 32.3 Å². The number of piperazine rings is 1. The molecule has 6 aromatic rings. The van der Waals surface area contributed by atoms with Gasteiger partial charge in [0.2, 0.25) is 23.7 Å². The summed E-state index contributed by atoms with van der Waals surface area (Å²) in [7, 11) is 0. The van der Waals surface area contributed by atoms with Gasteiger partial charge >= 0.3 is 0 Å². The van der Waals surface area contributed by atoms with Crippen LogP contribution >= 0.6 is 11.3 Å². The molecule has 6 heterocycles. The number of carbonyl (C=O) groups is 4. The summed E-state index contributed by atoms with van der Waals surface area (Å²) in [5.74, 6) is -1.16. The average molecular weight is 1050 g/mol. The van der Waals surface area contributed by atoms with Crippen LogP contribution in [0.5, 0.6) is 0 Å². The topological polar surface area (TPSA) is 192 Å². The number of ketones is 1. The zero-order chi connectivity index (χ0) is 53.6. The van der Waals surface area contributed by atoms with E-state index in [1.807, 2.05) is 93.8 Å². The fourth-order valence-corrected chi connectivity index (χ4v) is 11.0. The van der Waals surface area contributed by atoms with Crippen LogP contribution in [0.4, 0.5) is 20.5 Å². The van der Waals surface area contributed by atoms with Gasteiger partial charge in [0.25, 0.3) is 0 Å². The molecule has 2 aromatic carbocycles. The third kappa shape index (κ3) is 13.5. The second-order valence-corrected chi connectivity index (χ2v) is 22.2. The number of aromatic nitrogens is 6. The van der Waals surface area contributed by atoms with Crippen LogP contribution in [0.3, 0.4) is 0 Å². The molecule has 16 nitrogen and oxygen atoms in total. The van der Waals surface area contributed by atoms with Crippen molar-refractivity contribution < 1.29 is 33.1 Å². The Morgan fingerprint density at radius 1 is 0.840 bits per heavy atom. The van der Waals surface area contributed by atoms with Gasteiger partial charge in [-0.05, 0) is 80.8 Å². The molecule has 2 aliphatic rings. The first-order valence-electron chi connectivity index (χ1n) is 26.0. The van der Waals surface area contributed by atoms with Gasteiger partial charge in [-0.25, -0.2) is 33.7 Å². The number of halogens is 2. The number of β-amino-alcohol motifs (C(OH)–C–C–N with tert-alkyl or cyclic N) is 1. The number of carbonyl (C=O) groups excluding carboxylic acids is 4. The fourth-order valence-electron chi connectivity index (χ4n) is 10.2. The molecule has 0 saturated carbocycles. The van der Waals surface area contributed by atoms with Gasteiger partial charge in [-0.15, -0.1) is 11.3 Å². The largest absolute Gasteiger partial charge is 0.391 e. The van der Waals surface area contributed by atoms with E-state index in [1.54, 1.807) is 29.7 Å². The molecule has 0 aliphatic carbocycles. The minimum absolute atomic E-state index is 0.0113. The van der Waals surface area contributed by atoms with Crippen molar-refractivity contribution >= 4 is 57.6 Å². The van der Waals surface area contributed by atoms with Crippen LogP contribution in [0.2, 0.25) is 0 Å². The summed E-state index contributed by atoms with van der Waals surface area (Å²) in [6.45, 7) is 17.2. The van der Waals surface area contributed by atoms with Gasteiger partial charge < -0.3 is 30.1 Å². The minimum atomic E-state index is -0.835. The molecule has 398 valence electrons. The maximum absolute atomic E-state index is 15.2. The Kier molecular flexibility index (Phi) is 17.5. The maximum atomic E-state index is 15.2. The Hall–Kier alpha value is -6.57. The molecule has 19 heteroatoms. The minimum Gasteiger partial charge on any atom is -0.391 e. The zero-order valence-electron chi connectivity index (χ0n) is 44.0. The third-order valence-corrected chi connectivity index (χ3v) is 15.3. The number of nitrogens with zero attached hydrogens (tertiary/aromatic N) is 9. The smallest absolute Gasteiger partial charge is 0.243 e. The number of imidazole rings is 1. The van der Waals surface area contributed by atoms with Gasteiger partial charge in [0.1, 0.15) is 34.7 Å². The molecule has 2 fully saturated rings. The summed E-state index contributed by atoms with van der Waals surface area (Å²) in [6, 6.07) is 13.8. The van der Waals surface area contributed by atoms with Crippen LogP contribution in [0, 0.1) is 36.8 Å². The number of hydrogen-bond acceptors (Lipinski definition) is 13. The van der Waals surface area contributed by atoms with Gasteiger partial charge in [0.15, 0.2) is 11.6 Å². The van der Waals surface area contributed by atoms with E-state index in [0.717, 1.165) is 65.8 Å². The highest BCUT2D eigenvalue weighted by molar-refractivity contribution is 7.13. The number of unbranched alkanes of at least 4 members (excludes halogenated alkanes) is 3. The molecule has 0 bridgehead atoms. The van der Waals surface area contributed by atoms with Crippen molar-refractivity contribution in [2.75, 3.05) is 38.0 Å². The van der Waals surface area contributed by atoms with E-state index in [2.05, 4.69) is 40.5 Å². The highest BCUT2D eigenvalue weighted by atomic mass is 32.1. The van der Waals surface area contributed by atoms with Crippen molar-refractivity contribution in [1.29, 1.82) is 0 Å². The van der Waals surface area contributed by atoms with E-state index < -0.39 is 35.1 Å². The fraction of sp³-hybridized carbons (Fsp3) is 0.482. The molecule has 2 saturated heterocycles. The summed E-state index contributed by atoms with van der Waals surface area (Å²) < 4.78 is 32.2. The summed E-state index contributed by atoms with van der Waals surface area (Å²) in [5.41, 5.74) is 6.19. The van der Waals surface area contributed by atoms with E-state index in [9.17, 15) is 24.3 Å². The van der Waals surface area contributed by atoms with Gasteiger partial charge in [-0.2, -0.15) is 0 Å². The number of rotatable bonds is 20. The Balaban J connectivity index is 0.727. The standard InChI is InChI=1S/C56H69F2N11O5S/c1-34(2)69-36(4)63-51-44(57)24-40(25-46(51)69)50-45(58)30-61-55(65-50)64-48-19-16-38(29-59-48)31-66-20-22-67(23-21-66)49(72)13-11-9-8-10-12-41(70)26-43(56(5,6)7)54(74)68-32-42(71)27-47(68)53(73)60-28-37-14-17-39(18-15-37)52-35(3)62-33-75-52/h14-19,24-25,29-30,33-34,42-43,47,71H,8-13,20-23,26-28,31-32H2,1-7H3,(H,60,73)(H,59,61,64,65)/t42-,43-,47+/m1/s1. The molecular weight excluding hydrogens is 977 g/mol. The van der Waals surface area contributed by atoms with Gasteiger partial charge in [-0.1, -0.05) is 63.9 Å². The summed E-state index contributed by atoms with van der Waals surface area (Å²) in [5, 5.41) is 16.6. The first kappa shape index (κ1) is 54.7. The quantitative estimate of drug-likeness (QED) is 0.0616. The number of amides is 3. The molecule has 0 spiro atoms. The molecule has 3 amide bonds. The van der Waals surface area contributed by atoms with Crippen molar-refractivity contribution in [3.63, 3.8) is 0 Å². The zero-order valence-corrected chi connectivity index (χ0v) is 44.9. The Bertz CT molecular complexity index is 2980. The molecule has 75 heavy (non-hydrogen) atoms. The van der Waals surface area contributed by atoms with E-state index >= 15 is 8.78 Å². The monoisotopic (exact) mass is 1050 g/mol. The second-order valence-electron chi connectivity index (χ2n) is 21.3. The molecular formula is C56H69F2N11O5S. The predicted octanol–water partition coefficient (Wildman–Crippen LogP) is 9.12. The molecule has 0 radical (unpaired) electrons. The van der Waals surface area contributed by atoms with E-state index in [1.165, 1.54) is 11.0 Å². The number of aryl methyl sites for hydroxylation is 2. The number of benzene rings is 2. The van der Waals surface area contributed by atoms with E-state index in [4.69, 9.17) is 0 Å². The van der Waals surface area contributed by atoms with Crippen LogP contribution in [0.1, 0.15) is 115 Å². The number of fused-ring (bicyclic) bond motifs is 1. The molecule has 0 unspecified atom stereocenters. The number of nitrogens with one attached hydrogen (secondary N) is 2. The predicted molar refractivity (Wildman–Crippen MR) is 286 cm³/mol. The lowest BCUT2D eigenvalue weighted by Crippen LogP contribution is -2.50. The SMILES string of the molecule is Cc1ncsc1-c1ccc(CNC(=O)[C@@H]2C[C@@H](O)CN2C(=O)[C@@H](CC(=O)CCCCCCC(=O)N2CCN(Cc3ccc(Nc4ncc(F)c(-c5cc(F)c6nc(C)n(C(C)C)c6c5)n4)nc3)CC2)C(C)(C)C)cc1. The van der Waals surface area contributed by atoms with Gasteiger partial charge in [0, 0.05) is 95.2 Å². The highest BCUT2D eigenvalue weighted by Gasteiger charge is 2.44. The van der Waals surface area contributed by atoms with E-state index in [0.29, 0.717) is 56.1 Å². The summed E-state index contributed by atoms with van der Waals surface area (Å²) in [6.07, 6.45) is 5.93. The average Bonchev–Trinajstić information content (AvgIpc) is 4.10. The molecule has 4 aromatic heterocycles. The highest BCUT2D eigenvalue weighted by Crippen LogP contribution is 2.35. The number of aliphatic hydroxyl groups is 1. The van der Waals surface area contributed by atoms with Crippen LogP contribution in [-0.4, -0.2) is 118 Å². The number of hydrogen-bond donors (Lipinski definition) is 3.